The first kappa shape index (κ1) is 27.9. The largest absolute Gasteiger partial charge is 0.393 e. The van der Waals surface area contributed by atoms with Crippen molar-refractivity contribution in [3.63, 3.8) is 0 Å². The van der Waals surface area contributed by atoms with Crippen LogP contribution in [0.5, 0.6) is 0 Å². The minimum atomic E-state index is -0.318. The molecular weight excluding hydrogens is 344 g/mol. The molecule has 0 fully saturated rings. The lowest BCUT2D eigenvalue weighted by atomic mass is 9.56. The van der Waals surface area contributed by atoms with Crippen molar-refractivity contribution in [3.8, 4) is 0 Å². The SMILES string of the molecule is CC(C)(C)CC(O)C(C)(C)C(C)(C)CCC(C)(C)C(C)(C)CC(O)C(C)(C)C. The molecule has 0 bridgehead atoms. The fourth-order valence-corrected chi connectivity index (χ4v) is 3.64. The molecule has 2 heteroatoms. The van der Waals surface area contributed by atoms with E-state index in [1.807, 2.05) is 0 Å². The lowest BCUT2D eigenvalue weighted by Crippen LogP contribution is -2.45. The zero-order valence-corrected chi connectivity index (χ0v) is 21.9. The smallest absolute Gasteiger partial charge is 0.0601 e. The zero-order valence-electron chi connectivity index (χ0n) is 21.9. The number of rotatable bonds is 9. The quantitative estimate of drug-likeness (QED) is 0.423. The molecule has 0 aromatic heterocycles. The van der Waals surface area contributed by atoms with Crippen molar-refractivity contribution in [1.82, 2.24) is 0 Å². The second kappa shape index (κ2) is 8.58. The van der Waals surface area contributed by atoms with Crippen LogP contribution in [0.3, 0.4) is 0 Å². The molecule has 2 nitrogen and oxygen atoms in total. The zero-order chi connectivity index (χ0) is 23.0. The number of aliphatic hydroxyl groups is 2. The van der Waals surface area contributed by atoms with E-state index in [0.717, 1.165) is 25.7 Å². The van der Waals surface area contributed by atoms with E-state index in [-0.39, 0.29) is 44.7 Å². The molecule has 0 saturated heterocycles. The fourth-order valence-electron chi connectivity index (χ4n) is 3.64. The van der Waals surface area contributed by atoms with Gasteiger partial charge in [-0.15, -0.1) is 0 Å². The summed E-state index contributed by atoms with van der Waals surface area (Å²) in [6.45, 7) is 31.3. The Morgan fingerprint density at radius 2 is 0.893 bits per heavy atom. The number of aliphatic hydroxyl groups excluding tert-OH is 2. The molecule has 2 N–H and O–H groups in total. The van der Waals surface area contributed by atoms with Gasteiger partial charge in [0.1, 0.15) is 0 Å². The summed E-state index contributed by atoms with van der Waals surface area (Å²) >= 11 is 0. The third kappa shape index (κ3) is 7.31. The summed E-state index contributed by atoms with van der Waals surface area (Å²) in [6.07, 6.45) is 3.13. The number of hydrogen-bond donors (Lipinski definition) is 2. The van der Waals surface area contributed by atoms with E-state index in [0.29, 0.717) is 0 Å². The average Bonchev–Trinajstić information content (AvgIpc) is 2.41. The van der Waals surface area contributed by atoms with Gasteiger partial charge >= 0.3 is 0 Å². The molecule has 170 valence electrons. The molecule has 0 aromatic carbocycles. The summed E-state index contributed by atoms with van der Waals surface area (Å²) in [6, 6.07) is 0. The molecule has 0 spiro atoms. The standard InChI is InChI=1S/C26H54O2/c1-21(2,3)17-20(28)26(13,14)24(9,10)16-15-23(7,8)25(11,12)18-19(27)22(4,5)6/h19-20,27-28H,15-18H2,1-14H3. The maximum Gasteiger partial charge on any atom is 0.0601 e. The van der Waals surface area contributed by atoms with E-state index >= 15 is 0 Å². The summed E-state index contributed by atoms with van der Waals surface area (Å²) in [5, 5.41) is 21.7. The van der Waals surface area contributed by atoms with E-state index in [1.165, 1.54) is 0 Å². The predicted molar refractivity (Wildman–Crippen MR) is 125 cm³/mol. The second-order valence-corrected chi connectivity index (χ2v) is 14.2. The first-order chi connectivity index (χ1) is 12.0. The molecule has 0 radical (unpaired) electrons. The summed E-state index contributed by atoms with van der Waals surface area (Å²) in [5.74, 6) is 0. The number of hydrogen-bond acceptors (Lipinski definition) is 2. The minimum Gasteiger partial charge on any atom is -0.393 e. The molecule has 0 aliphatic rings. The maximum atomic E-state index is 11.0. The van der Waals surface area contributed by atoms with Gasteiger partial charge in [-0.25, -0.2) is 0 Å². The molecule has 0 rings (SSSR count). The van der Waals surface area contributed by atoms with Crippen LogP contribution in [0.1, 0.15) is 123 Å². The van der Waals surface area contributed by atoms with Crippen molar-refractivity contribution >= 4 is 0 Å². The Kier molecular flexibility index (Phi) is 8.55. The maximum absolute atomic E-state index is 11.0. The van der Waals surface area contributed by atoms with Gasteiger partial charge in [0.15, 0.2) is 0 Å². The Bertz CT molecular complexity index is 484. The molecular formula is C26H54O2. The monoisotopic (exact) mass is 398 g/mol. The van der Waals surface area contributed by atoms with Gasteiger partial charge in [0, 0.05) is 0 Å². The molecule has 2 atom stereocenters. The van der Waals surface area contributed by atoms with E-state index in [1.54, 1.807) is 0 Å². The van der Waals surface area contributed by atoms with E-state index in [4.69, 9.17) is 0 Å². The van der Waals surface area contributed by atoms with Gasteiger partial charge in [-0.05, 0) is 58.2 Å². The van der Waals surface area contributed by atoms with Crippen molar-refractivity contribution in [2.75, 3.05) is 0 Å². The molecule has 0 aliphatic carbocycles. The Hall–Kier alpha value is -0.0800. The first-order valence-corrected chi connectivity index (χ1v) is 11.3. The van der Waals surface area contributed by atoms with Crippen LogP contribution in [0.2, 0.25) is 0 Å². The first-order valence-electron chi connectivity index (χ1n) is 11.3. The Labute approximate surface area is 177 Å². The van der Waals surface area contributed by atoms with Gasteiger partial charge in [0.2, 0.25) is 0 Å². The second-order valence-electron chi connectivity index (χ2n) is 14.2. The van der Waals surface area contributed by atoms with Crippen LogP contribution < -0.4 is 0 Å². The van der Waals surface area contributed by atoms with Crippen molar-refractivity contribution < 1.29 is 10.2 Å². The van der Waals surface area contributed by atoms with Crippen molar-refractivity contribution in [2.24, 2.45) is 32.5 Å². The van der Waals surface area contributed by atoms with Gasteiger partial charge in [0.25, 0.3) is 0 Å². The molecule has 28 heavy (non-hydrogen) atoms. The van der Waals surface area contributed by atoms with Crippen LogP contribution in [0.25, 0.3) is 0 Å². The highest BCUT2D eigenvalue weighted by Crippen LogP contribution is 2.52. The predicted octanol–water partition coefficient (Wildman–Crippen LogP) is 7.47. The highest BCUT2D eigenvalue weighted by atomic mass is 16.3. The van der Waals surface area contributed by atoms with Crippen molar-refractivity contribution in [1.29, 1.82) is 0 Å². The highest BCUT2D eigenvalue weighted by molar-refractivity contribution is 4.96. The Morgan fingerprint density at radius 1 is 0.500 bits per heavy atom. The van der Waals surface area contributed by atoms with E-state index < -0.39 is 0 Å². The third-order valence-electron chi connectivity index (χ3n) is 8.29. The normalized spacial score (nSPS) is 17.6. The Balaban J connectivity index is 5.30. The lowest BCUT2D eigenvalue weighted by molar-refractivity contribution is -0.0704. The molecule has 0 aliphatic heterocycles. The molecule has 0 amide bonds. The Morgan fingerprint density at radius 3 is 1.25 bits per heavy atom. The third-order valence-corrected chi connectivity index (χ3v) is 8.29. The van der Waals surface area contributed by atoms with Gasteiger partial charge in [0.05, 0.1) is 12.2 Å². The molecule has 0 aromatic rings. The topological polar surface area (TPSA) is 40.5 Å². The molecule has 0 heterocycles. The molecule has 2 unspecified atom stereocenters. The van der Waals surface area contributed by atoms with E-state index in [9.17, 15) is 10.2 Å². The van der Waals surface area contributed by atoms with Crippen LogP contribution in [0, 0.1) is 32.5 Å². The average molecular weight is 399 g/mol. The van der Waals surface area contributed by atoms with Crippen molar-refractivity contribution in [2.45, 2.75) is 135 Å². The summed E-state index contributed by atoms with van der Waals surface area (Å²) < 4.78 is 0. The fraction of sp³-hybridized carbons (Fsp3) is 1.00. The van der Waals surface area contributed by atoms with Gasteiger partial charge in [-0.3, -0.25) is 0 Å². The molecule has 0 saturated carbocycles. The van der Waals surface area contributed by atoms with Gasteiger partial charge in [-0.1, -0.05) is 96.9 Å². The summed E-state index contributed by atoms with van der Waals surface area (Å²) in [4.78, 5) is 0. The van der Waals surface area contributed by atoms with E-state index in [2.05, 4.69) is 96.9 Å². The minimum absolute atomic E-state index is 0.0215. The van der Waals surface area contributed by atoms with Gasteiger partial charge in [-0.2, -0.15) is 0 Å². The highest BCUT2D eigenvalue weighted by Gasteiger charge is 2.46. The summed E-state index contributed by atoms with van der Waals surface area (Å²) in [7, 11) is 0. The van der Waals surface area contributed by atoms with Crippen LogP contribution in [0.4, 0.5) is 0 Å². The van der Waals surface area contributed by atoms with Crippen molar-refractivity contribution in [3.05, 3.63) is 0 Å². The van der Waals surface area contributed by atoms with Crippen LogP contribution >= 0.6 is 0 Å². The van der Waals surface area contributed by atoms with Crippen LogP contribution in [-0.4, -0.2) is 22.4 Å². The summed E-state index contributed by atoms with van der Waals surface area (Å²) in [5.41, 5.74) is 0.0212. The lowest BCUT2D eigenvalue weighted by Gasteiger charge is -2.50. The van der Waals surface area contributed by atoms with Crippen LogP contribution in [0.15, 0.2) is 0 Å². The van der Waals surface area contributed by atoms with Crippen LogP contribution in [-0.2, 0) is 0 Å². The van der Waals surface area contributed by atoms with Gasteiger partial charge < -0.3 is 10.2 Å².